The molecule has 0 saturated carbocycles. The third-order valence-electron chi connectivity index (χ3n) is 1.64. The van der Waals surface area contributed by atoms with Gasteiger partial charge in [0.2, 0.25) is 0 Å². The number of amidine groups is 1. The Morgan fingerprint density at radius 2 is 2.11 bits per heavy atom. The van der Waals surface area contributed by atoms with Crippen LogP contribution in [0.4, 0.5) is 13.2 Å². The van der Waals surface area contributed by atoms with E-state index in [1.165, 1.54) is 4.72 Å². The highest BCUT2D eigenvalue weighted by Gasteiger charge is 2.45. The summed E-state index contributed by atoms with van der Waals surface area (Å²) in [6.45, 7) is -0.878. The van der Waals surface area contributed by atoms with Gasteiger partial charge < -0.3 is 10.9 Å². The van der Waals surface area contributed by atoms with Gasteiger partial charge >= 0.3 is 15.5 Å². The van der Waals surface area contributed by atoms with Gasteiger partial charge in [-0.15, -0.1) is 0 Å². The zero-order valence-electron chi connectivity index (χ0n) is 8.34. The van der Waals surface area contributed by atoms with E-state index in [-0.39, 0.29) is 11.4 Å². The number of alkyl halides is 3. The fourth-order valence-corrected chi connectivity index (χ4v) is 1.30. The molecule has 18 heavy (non-hydrogen) atoms. The molecule has 13 heteroatoms. The molecule has 0 aliphatic heterocycles. The normalized spacial score (nSPS) is 13.8. The van der Waals surface area contributed by atoms with Gasteiger partial charge in [-0.2, -0.15) is 13.2 Å². The predicted octanol–water partition coefficient (Wildman–Crippen LogP) is -0.897. The van der Waals surface area contributed by atoms with Crippen LogP contribution < -0.4 is 10.5 Å². The minimum Gasteiger partial charge on any atom is -0.409 e. The summed E-state index contributed by atoms with van der Waals surface area (Å²) in [5, 5.41) is 17.1. The number of rotatable bonds is 4. The first-order valence-electron chi connectivity index (χ1n) is 4.04. The van der Waals surface area contributed by atoms with Crippen LogP contribution in [0.5, 0.6) is 0 Å². The second-order valence-electron chi connectivity index (χ2n) is 2.82. The number of oxime groups is 1. The van der Waals surface area contributed by atoms with Crippen molar-refractivity contribution < 1.29 is 31.4 Å². The molecule has 0 fully saturated rings. The number of sulfonamides is 1. The molecule has 0 spiro atoms. The monoisotopic (exact) mass is 289 g/mol. The van der Waals surface area contributed by atoms with Crippen molar-refractivity contribution in [1.29, 1.82) is 0 Å². The van der Waals surface area contributed by atoms with Gasteiger partial charge in [-0.25, -0.2) is 17.8 Å². The van der Waals surface area contributed by atoms with E-state index >= 15 is 0 Å². The summed E-state index contributed by atoms with van der Waals surface area (Å²) in [5.74, 6) is -0.586. The number of nitrogens with one attached hydrogen (secondary N) is 1. The number of hydrogen-bond acceptors (Lipinski definition) is 7. The Labute approximate surface area is 97.5 Å². The average Bonchev–Trinajstić information content (AvgIpc) is 2.72. The van der Waals surface area contributed by atoms with Gasteiger partial charge in [0.05, 0.1) is 6.54 Å². The first kappa shape index (κ1) is 14.2. The van der Waals surface area contributed by atoms with Crippen LogP contribution in [0.15, 0.2) is 9.78 Å². The first-order chi connectivity index (χ1) is 8.19. The van der Waals surface area contributed by atoms with Gasteiger partial charge in [-0.05, 0) is 5.16 Å². The molecule has 102 valence electrons. The maximum atomic E-state index is 12.0. The Morgan fingerprint density at radius 1 is 1.50 bits per heavy atom. The lowest BCUT2D eigenvalue weighted by Crippen LogP contribution is -2.36. The van der Waals surface area contributed by atoms with Crippen molar-refractivity contribution >= 4 is 15.9 Å². The molecule has 1 aromatic heterocycles. The molecule has 0 aliphatic rings. The maximum absolute atomic E-state index is 12.0. The molecule has 1 rings (SSSR count). The third kappa shape index (κ3) is 2.86. The smallest absolute Gasteiger partial charge is 0.409 e. The highest BCUT2D eigenvalue weighted by molar-refractivity contribution is 7.90. The molecule has 0 radical (unpaired) electrons. The van der Waals surface area contributed by atoms with Crippen LogP contribution in [-0.4, -0.2) is 35.3 Å². The molecular formula is C5H6F3N5O4S. The lowest BCUT2D eigenvalue weighted by atomic mass is 10.3. The Bertz CT molecular complexity index is 550. The highest BCUT2D eigenvalue weighted by Crippen LogP contribution is 2.21. The lowest BCUT2D eigenvalue weighted by Gasteiger charge is -2.07. The largest absolute Gasteiger partial charge is 0.511 e. The van der Waals surface area contributed by atoms with Gasteiger partial charge in [-0.3, -0.25) is 0 Å². The van der Waals surface area contributed by atoms with Crippen molar-refractivity contribution in [2.24, 2.45) is 10.9 Å². The van der Waals surface area contributed by atoms with Gasteiger partial charge in [0, 0.05) is 0 Å². The molecule has 0 aliphatic carbocycles. The van der Waals surface area contributed by atoms with E-state index in [0.29, 0.717) is 0 Å². The molecule has 1 aromatic rings. The Balaban J connectivity index is 2.86. The highest BCUT2D eigenvalue weighted by atomic mass is 32.2. The quantitative estimate of drug-likeness (QED) is 0.282. The molecule has 0 saturated heterocycles. The summed E-state index contributed by atoms with van der Waals surface area (Å²) < 4.78 is 62.7. The molecule has 0 aromatic carbocycles. The molecular weight excluding hydrogens is 283 g/mol. The van der Waals surface area contributed by atoms with Gasteiger partial charge in [0.25, 0.3) is 0 Å². The van der Waals surface area contributed by atoms with Crippen molar-refractivity contribution in [3.05, 3.63) is 11.4 Å². The molecule has 9 nitrogen and oxygen atoms in total. The van der Waals surface area contributed by atoms with Crippen LogP contribution in [0.3, 0.4) is 0 Å². The number of halogens is 3. The fourth-order valence-electron chi connectivity index (χ4n) is 0.810. The number of nitrogens with two attached hydrogens (primary N) is 1. The molecule has 0 bridgehead atoms. The van der Waals surface area contributed by atoms with Crippen molar-refractivity contribution in [2.45, 2.75) is 12.1 Å². The average molecular weight is 289 g/mol. The summed E-state index contributed by atoms with van der Waals surface area (Å²) in [6.07, 6.45) is 0. The number of hydrogen-bond donors (Lipinski definition) is 3. The third-order valence-corrected chi connectivity index (χ3v) is 2.77. The summed E-state index contributed by atoms with van der Waals surface area (Å²) in [4.78, 5) is 0. The predicted molar refractivity (Wildman–Crippen MR) is 48.6 cm³/mol. The summed E-state index contributed by atoms with van der Waals surface area (Å²) >= 11 is 0. The second-order valence-corrected chi connectivity index (χ2v) is 4.57. The number of nitrogens with zero attached hydrogens (tertiary/aromatic N) is 3. The topological polar surface area (TPSA) is 144 Å². The Kier molecular flexibility index (Phi) is 3.76. The molecule has 0 amide bonds. The minimum absolute atomic E-state index is 0.363. The van der Waals surface area contributed by atoms with E-state index in [9.17, 15) is 21.6 Å². The van der Waals surface area contributed by atoms with Crippen LogP contribution in [0.1, 0.15) is 11.4 Å². The molecule has 0 atom stereocenters. The molecule has 4 N–H and O–H groups in total. The van der Waals surface area contributed by atoms with Crippen LogP contribution >= 0.6 is 0 Å². The van der Waals surface area contributed by atoms with Crippen molar-refractivity contribution in [1.82, 2.24) is 15.0 Å². The van der Waals surface area contributed by atoms with Crippen molar-refractivity contribution in [2.75, 3.05) is 0 Å². The molecule has 0 unspecified atom stereocenters. The fraction of sp³-hybridized carbons (Fsp3) is 0.400. The maximum Gasteiger partial charge on any atom is 0.511 e. The molecule has 1 heterocycles. The zero-order chi connectivity index (χ0) is 14.0. The van der Waals surface area contributed by atoms with Crippen LogP contribution in [0, 0.1) is 0 Å². The zero-order valence-corrected chi connectivity index (χ0v) is 9.16. The number of aromatic nitrogens is 2. The van der Waals surface area contributed by atoms with Crippen LogP contribution in [0.25, 0.3) is 0 Å². The standard InChI is InChI=1S/C5H6F3N5O4S/c6-5(7,8)18(15,16)10-1-2-3(4(9)11-14)13-17-12-2/h10,14H,1H2,(H2,9,11). The van der Waals surface area contributed by atoms with E-state index in [0.717, 1.165) is 0 Å². The minimum atomic E-state index is -5.53. The van der Waals surface area contributed by atoms with Crippen LogP contribution in [0.2, 0.25) is 0 Å². The summed E-state index contributed by atoms with van der Waals surface area (Å²) in [6, 6.07) is 0. The second kappa shape index (κ2) is 4.77. The Morgan fingerprint density at radius 3 is 2.61 bits per heavy atom. The van der Waals surface area contributed by atoms with Crippen LogP contribution in [-0.2, 0) is 16.6 Å². The van der Waals surface area contributed by atoms with E-state index in [4.69, 9.17) is 10.9 Å². The van der Waals surface area contributed by atoms with Gasteiger partial charge in [0.15, 0.2) is 11.5 Å². The van der Waals surface area contributed by atoms with Crippen molar-refractivity contribution in [3.63, 3.8) is 0 Å². The van der Waals surface area contributed by atoms with E-state index < -0.39 is 27.9 Å². The van der Waals surface area contributed by atoms with Gasteiger partial charge in [0.1, 0.15) is 5.69 Å². The van der Waals surface area contributed by atoms with E-state index in [2.05, 4.69) is 20.1 Å². The summed E-state index contributed by atoms with van der Waals surface area (Å²) in [5.41, 5.74) is -1.09. The summed E-state index contributed by atoms with van der Waals surface area (Å²) in [7, 11) is -5.53. The van der Waals surface area contributed by atoms with Gasteiger partial charge in [-0.1, -0.05) is 10.3 Å². The lowest BCUT2D eigenvalue weighted by molar-refractivity contribution is -0.0448. The van der Waals surface area contributed by atoms with E-state index in [1.807, 2.05) is 0 Å². The van der Waals surface area contributed by atoms with Crippen molar-refractivity contribution in [3.8, 4) is 0 Å². The first-order valence-corrected chi connectivity index (χ1v) is 5.52. The van der Waals surface area contributed by atoms with E-state index in [1.54, 1.807) is 0 Å². The Hall–Kier alpha value is -1.89. The SMILES string of the molecule is N/C(=N\O)c1nonc1CNS(=O)(=O)C(F)(F)F.